The molecule has 0 aliphatic carbocycles. The first-order valence-electron chi connectivity index (χ1n) is 11.0. The summed E-state index contributed by atoms with van der Waals surface area (Å²) in [6.07, 6.45) is 0.586. The van der Waals surface area contributed by atoms with E-state index >= 15 is 0 Å². The maximum atomic E-state index is 13.2. The van der Waals surface area contributed by atoms with Crippen molar-refractivity contribution >= 4 is 33.4 Å². The minimum absolute atomic E-state index is 0.0628. The second-order valence-electron chi connectivity index (χ2n) is 8.14. The number of aliphatic hydroxyl groups excluding tert-OH is 1. The number of likely N-dealkylation sites (tertiary alicyclic amines) is 1. The predicted molar refractivity (Wildman–Crippen MR) is 131 cm³/mol. The molecule has 172 valence electrons. The Morgan fingerprint density at radius 2 is 1.71 bits per heavy atom. The summed E-state index contributed by atoms with van der Waals surface area (Å²) in [4.78, 5) is 27.9. The lowest BCUT2D eigenvalue weighted by atomic mass is 9.95. The highest BCUT2D eigenvalue weighted by atomic mass is 79.9. The van der Waals surface area contributed by atoms with E-state index in [0.717, 1.165) is 15.6 Å². The third-order valence-electron chi connectivity index (χ3n) is 6.00. The van der Waals surface area contributed by atoms with Crippen LogP contribution >= 0.6 is 15.9 Å². The molecule has 0 bridgehead atoms. The molecule has 0 saturated carbocycles. The van der Waals surface area contributed by atoms with Crippen molar-refractivity contribution in [2.24, 2.45) is 0 Å². The van der Waals surface area contributed by atoms with Crippen LogP contribution in [-0.4, -0.2) is 41.5 Å². The van der Waals surface area contributed by atoms with Crippen molar-refractivity contribution in [3.05, 3.63) is 99.5 Å². The van der Waals surface area contributed by atoms with E-state index in [1.807, 2.05) is 54.6 Å². The molecule has 34 heavy (non-hydrogen) atoms. The Morgan fingerprint density at radius 1 is 0.941 bits per heavy atom. The number of Topliss-reactive ketones (excluding diaryl/α,β-unsaturated/α-hetero) is 1. The number of carbonyl (C=O) groups is 2. The third kappa shape index (κ3) is 4.19. The monoisotopic (exact) mass is 519 g/mol. The first-order valence-corrected chi connectivity index (χ1v) is 11.8. The Hall–Kier alpha value is -3.58. The maximum absolute atomic E-state index is 13.2. The molecule has 1 N–H and O–H groups in total. The number of hydrogen-bond donors (Lipinski definition) is 1. The number of hydrogen-bond acceptors (Lipinski definition) is 5. The summed E-state index contributed by atoms with van der Waals surface area (Å²) in [5.41, 5.74) is 2.25. The van der Waals surface area contributed by atoms with Gasteiger partial charge in [-0.25, -0.2) is 0 Å². The van der Waals surface area contributed by atoms with Crippen LogP contribution in [0.3, 0.4) is 0 Å². The topological polar surface area (TPSA) is 76.1 Å². The molecule has 2 aliphatic rings. The van der Waals surface area contributed by atoms with E-state index < -0.39 is 17.7 Å². The van der Waals surface area contributed by atoms with Gasteiger partial charge in [0.1, 0.15) is 19.0 Å². The standard InChI is InChI=1S/C27H22BrNO5/c28-20-8-4-7-18(15-20)24-23(25(30)19-9-10-21-22(16-19)34-14-13-33-21)26(31)27(32)29(24)12-11-17-5-2-1-3-6-17/h1-10,15-16,24,30H,11-14H2/b25-23+/t24-/m0/s1. The van der Waals surface area contributed by atoms with Crippen molar-refractivity contribution in [1.29, 1.82) is 0 Å². The average molecular weight is 520 g/mol. The van der Waals surface area contributed by atoms with Crippen LogP contribution in [0.2, 0.25) is 0 Å². The van der Waals surface area contributed by atoms with E-state index in [9.17, 15) is 14.7 Å². The average Bonchev–Trinajstić information content (AvgIpc) is 3.12. The van der Waals surface area contributed by atoms with E-state index in [-0.39, 0.29) is 11.3 Å². The first kappa shape index (κ1) is 22.2. The molecule has 0 radical (unpaired) electrons. The van der Waals surface area contributed by atoms with Crippen molar-refractivity contribution in [3.63, 3.8) is 0 Å². The Labute approximate surface area is 205 Å². The van der Waals surface area contributed by atoms with Crippen LogP contribution in [0.25, 0.3) is 5.76 Å². The molecule has 6 nitrogen and oxygen atoms in total. The van der Waals surface area contributed by atoms with Crippen molar-refractivity contribution in [2.45, 2.75) is 12.5 Å². The third-order valence-corrected chi connectivity index (χ3v) is 6.50. The Bertz CT molecular complexity index is 1290. The second-order valence-corrected chi connectivity index (χ2v) is 9.06. The summed E-state index contributed by atoms with van der Waals surface area (Å²) in [7, 11) is 0. The van der Waals surface area contributed by atoms with Gasteiger partial charge in [-0.05, 0) is 47.9 Å². The van der Waals surface area contributed by atoms with Gasteiger partial charge in [-0.3, -0.25) is 9.59 Å². The number of carbonyl (C=O) groups excluding carboxylic acids is 2. The molecule has 1 atom stereocenters. The molecule has 7 heteroatoms. The van der Waals surface area contributed by atoms with Crippen LogP contribution in [0, 0.1) is 0 Å². The number of halogens is 1. The molecule has 3 aromatic rings. The van der Waals surface area contributed by atoms with Crippen LogP contribution in [0.4, 0.5) is 0 Å². The quantitative estimate of drug-likeness (QED) is 0.295. The fraction of sp³-hybridized carbons (Fsp3) is 0.185. The molecule has 1 fully saturated rings. The van der Waals surface area contributed by atoms with E-state index in [2.05, 4.69) is 15.9 Å². The molecule has 3 aromatic carbocycles. The molecule has 5 rings (SSSR count). The zero-order valence-corrected chi connectivity index (χ0v) is 19.8. The number of benzene rings is 3. The van der Waals surface area contributed by atoms with Gasteiger partial charge in [0.25, 0.3) is 11.7 Å². The normalized spacial score (nSPS) is 18.9. The van der Waals surface area contributed by atoms with Gasteiger partial charge in [0.05, 0.1) is 11.6 Å². The molecule has 2 heterocycles. The number of ether oxygens (including phenoxy) is 2. The van der Waals surface area contributed by atoms with E-state index in [1.165, 1.54) is 0 Å². The Kier molecular flexibility index (Phi) is 6.11. The summed E-state index contributed by atoms with van der Waals surface area (Å²) in [6.45, 7) is 1.19. The molecule has 0 unspecified atom stereocenters. The highest BCUT2D eigenvalue weighted by Gasteiger charge is 2.46. The fourth-order valence-electron chi connectivity index (χ4n) is 4.37. The molecule has 2 aliphatic heterocycles. The minimum Gasteiger partial charge on any atom is -0.507 e. The summed E-state index contributed by atoms with van der Waals surface area (Å²) < 4.78 is 12.0. The molecule has 0 spiro atoms. The Morgan fingerprint density at radius 3 is 2.47 bits per heavy atom. The summed E-state index contributed by atoms with van der Waals surface area (Å²) in [5.74, 6) is -0.491. The highest BCUT2D eigenvalue weighted by Crippen LogP contribution is 2.41. The van der Waals surface area contributed by atoms with Crippen molar-refractivity contribution in [2.75, 3.05) is 19.8 Å². The van der Waals surface area contributed by atoms with Gasteiger partial charge in [-0.1, -0.05) is 58.4 Å². The zero-order chi connectivity index (χ0) is 23.7. The van der Waals surface area contributed by atoms with Crippen LogP contribution in [0.1, 0.15) is 22.7 Å². The number of rotatable bonds is 5. The van der Waals surface area contributed by atoms with Crippen LogP contribution in [0.5, 0.6) is 11.5 Å². The van der Waals surface area contributed by atoms with Gasteiger partial charge < -0.3 is 19.5 Å². The van der Waals surface area contributed by atoms with Crippen LogP contribution in [0.15, 0.2) is 82.8 Å². The fourth-order valence-corrected chi connectivity index (χ4v) is 4.79. The molecular weight excluding hydrogens is 498 g/mol. The van der Waals surface area contributed by atoms with Gasteiger partial charge in [-0.2, -0.15) is 0 Å². The number of fused-ring (bicyclic) bond motifs is 1. The van der Waals surface area contributed by atoms with E-state index in [1.54, 1.807) is 23.1 Å². The van der Waals surface area contributed by atoms with E-state index in [0.29, 0.717) is 43.2 Å². The van der Waals surface area contributed by atoms with Crippen LogP contribution in [-0.2, 0) is 16.0 Å². The first-order chi connectivity index (χ1) is 16.5. The van der Waals surface area contributed by atoms with Crippen molar-refractivity contribution in [1.82, 2.24) is 4.90 Å². The Balaban J connectivity index is 1.58. The van der Waals surface area contributed by atoms with Crippen molar-refractivity contribution < 1.29 is 24.2 Å². The molecule has 1 saturated heterocycles. The summed E-state index contributed by atoms with van der Waals surface area (Å²) >= 11 is 3.48. The second kappa shape index (κ2) is 9.35. The summed E-state index contributed by atoms with van der Waals surface area (Å²) in [6, 6.07) is 21.5. The van der Waals surface area contributed by atoms with Crippen LogP contribution < -0.4 is 9.47 Å². The molecular formula is C27H22BrNO5. The van der Waals surface area contributed by atoms with Gasteiger partial charge in [0, 0.05) is 16.6 Å². The van der Waals surface area contributed by atoms with Gasteiger partial charge in [0.15, 0.2) is 11.5 Å². The zero-order valence-electron chi connectivity index (χ0n) is 18.2. The number of amides is 1. The maximum Gasteiger partial charge on any atom is 0.295 e. The number of ketones is 1. The summed E-state index contributed by atoms with van der Waals surface area (Å²) in [5, 5.41) is 11.3. The molecule has 1 amide bonds. The van der Waals surface area contributed by atoms with Gasteiger partial charge >= 0.3 is 0 Å². The smallest absolute Gasteiger partial charge is 0.295 e. The van der Waals surface area contributed by atoms with Crippen molar-refractivity contribution in [3.8, 4) is 11.5 Å². The largest absolute Gasteiger partial charge is 0.507 e. The SMILES string of the molecule is O=C1C(=O)N(CCc2ccccc2)[C@@H](c2cccc(Br)c2)/C1=C(\O)c1ccc2c(c1)OCCO2. The predicted octanol–water partition coefficient (Wildman–Crippen LogP) is 4.88. The minimum atomic E-state index is -0.714. The van der Waals surface area contributed by atoms with E-state index in [4.69, 9.17) is 9.47 Å². The number of nitrogens with zero attached hydrogens (tertiary/aromatic N) is 1. The van der Waals surface area contributed by atoms with Gasteiger partial charge in [-0.15, -0.1) is 0 Å². The lowest BCUT2D eigenvalue weighted by molar-refractivity contribution is -0.139. The lowest BCUT2D eigenvalue weighted by Crippen LogP contribution is -2.31. The number of aliphatic hydroxyl groups is 1. The lowest BCUT2D eigenvalue weighted by Gasteiger charge is -2.25. The highest BCUT2D eigenvalue weighted by molar-refractivity contribution is 9.10. The van der Waals surface area contributed by atoms with Gasteiger partial charge in [0.2, 0.25) is 0 Å². The molecule has 0 aromatic heterocycles.